The van der Waals surface area contributed by atoms with E-state index in [0.29, 0.717) is 25.0 Å². The molecule has 0 bridgehead atoms. The van der Waals surface area contributed by atoms with Crippen molar-refractivity contribution >= 4 is 30.3 Å². The fourth-order valence-corrected chi connectivity index (χ4v) is 3.38. The van der Waals surface area contributed by atoms with E-state index < -0.39 is 5.97 Å². The third-order valence-corrected chi connectivity index (χ3v) is 5.00. The van der Waals surface area contributed by atoms with Gasteiger partial charge in [0.25, 0.3) is 0 Å². The van der Waals surface area contributed by atoms with Crippen molar-refractivity contribution in [1.29, 1.82) is 0 Å². The summed E-state index contributed by atoms with van der Waals surface area (Å²) in [6, 6.07) is 21.6. The molecule has 1 heterocycles. The van der Waals surface area contributed by atoms with Crippen LogP contribution in [0, 0.1) is 0 Å². The molecule has 148 valence electrons. The van der Waals surface area contributed by atoms with Gasteiger partial charge < -0.3 is 14.4 Å². The van der Waals surface area contributed by atoms with E-state index in [9.17, 15) is 4.79 Å². The lowest BCUT2D eigenvalue weighted by Gasteiger charge is -2.13. The number of hydrogen-bond acceptors (Lipinski definition) is 3. The Morgan fingerprint density at radius 2 is 1.80 bits per heavy atom. The van der Waals surface area contributed by atoms with Crippen molar-refractivity contribution in [2.24, 2.45) is 0 Å². The Bertz CT molecular complexity index is 1170. The second-order valence-electron chi connectivity index (χ2n) is 7.23. The molecule has 1 aromatic heterocycles. The molecule has 4 aromatic rings. The van der Waals surface area contributed by atoms with Gasteiger partial charge in [-0.2, -0.15) is 0 Å². The summed E-state index contributed by atoms with van der Waals surface area (Å²) < 4.78 is 8.17. The summed E-state index contributed by atoms with van der Waals surface area (Å²) in [7, 11) is 5.85. The number of aromatic nitrogens is 2. The summed E-state index contributed by atoms with van der Waals surface area (Å²) in [5.74, 6) is 0.0397. The van der Waals surface area contributed by atoms with Crippen LogP contribution < -0.4 is 10.2 Å². The highest BCUT2D eigenvalue weighted by molar-refractivity contribution is 6.33. The molecule has 0 spiro atoms. The number of imidazole rings is 1. The Hall–Kier alpha value is -3.54. The van der Waals surface area contributed by atoms with E-state index in [1.54, 1.807) is 0 Å². The smallest absolute Gasteiger partial charge is 0.303 e. The molecule has 0 aliphatic rings. The number of para-hydroxylation sites is 1. The maximum atomic E-state index is 10.7. The quantitative estimate of drug-likeness (QED) is 0.464. The molecular weight excluding hydrogens is 375 g/mol. The standard InChI is InChI=1S/C24H21BN2O3/c25-20-10-11-22-21(13-20)26-16-27(22)14-19-3-1-2-4-23(19)30-15-18-7-5-17(6-8-18)9-12-24(28)29/h1-8,10-11,13,16H,9,12,14-15H2,(H,28,29). The Labute approximate surface area is 176 Å². The highest BCUT2D eigenvalue weighted by Gasteiger charge is 2.08. The number of carboxylic acid groups (broad SMARTS) is 1. The second kappa shape index (κ2) is 8.86. The molecule has 5 nitrogen and oxygen atoms in total. The number of rotatable bonds is 8. The zero-order chi connectivity index (χ0) is 20.9. The molecule has 2 radical (unpaired) electrons. The highest BCUT2D eigenvalue weighted by atomic mass is 16.5. The van der Waals surface area contributed by atoms with Gasteiger partial charge in [0.1, 0.15) is 20.2 Å². The molecule has 0 atom stereocenters. The van der Waals surface area contributed by atoms with E-state index in [1.165, 1.54) is 0 Å². The molecule has 4 rings (SSSR count). The largest absolute Gasteiger partial charge is 0.489 e. The van der Waals surface area contributed by atoms with Crippen LogP contribution in [0.4, 0.5) is 0 Å². The minimum atomic E-state index is -0.784. The number of aliphatic carboxylic acids is 1. The average molecular weight is 396 g/mol. The van der Waals surface area contributed by atoms with E-state index in [-0.39, 0.29) is 6.42 Å². The van der Waals surface area contributed by atoms with Gasteiger partial charge in [-0.3, -0.25) is 4.79 Å². The van der Waals surface area contributed by atoms with E-state index in [4.69, 9.17) is 17.7 Å². The normalized spacial score (nSPS) is 10.9. The van der Waals surface area contributed by atoms with Crippen molar-refractivity contribution in [2.45, 2.75) is 26.0 Å². The zero-order valence-corrected chi connectivity index (χ0v) is 16.5. The molecule has 0 saturated heterocycles. The van der Waals surface area contributed by atoms with Gasteiger partial charge in [0, 0.05) is 12.0 Å². The summed E-state index contributed by atoms with van der Waals surface area (Å²) in [5, 5.41) is 8.80. The lowest BCUT2D eigenvalue weighted by Crippen LogP contribution is -2.04. The van der Waals surface area contributed by atoms with Gasteiger partial charge in [-0.1, -0.05) is 54.0 Å². The maximum absolute atomic E-state index is 10.7. The molecule has 0 saturated carbocycles. The molecule has 0 unspecified atom stereocenters. The molecule has 3 aromatic carbocycles. The van der Waals surface area contributed by atoms with Crippen LogP contribution >= 0.6 is 0 Å². The summed E-state index contributed by atoms with van der Waals surface area (Å²) in [6.07, 6.45) is 2.49. The lowest BCUT2D eigenvalue weighted by atomic mass is 9.96. The third-order valence-electron chi connectivity index (χ3n) is 5.00. The van der Waals surface area contributed by atoms with Gasteiger partial charge >= 0.3 is 5.97 Å². The van der Waals surface area contributed by atoms with Crippen molar-refractivity contribution in [3.63, 3.8) is 0 Å². The molecule has 0 fully saturated rings. The second-order valence-corrected chi connectivity index (χ2v) is 7.23. The summed E-state index contributed by atoms with van der Waals surface area (Å²) in [4.78, 5) is 15.1. The number of ether oxygens (including phenoxy) is 1. The van der Waals surface area contributed by atoms with E-state index >= 15 is 0 Å². The Balaban J connectivity index is 1.45. The van der Waals surface area contributed by atoms with Crippen LogP contribution in [-0.2, 0) is 24.4 Å². The topological polar surface area (TPSA) is 64.4 Å². The Kier molecular flexibility index (Phi) is 5.84. The summed E-state index contributed by atoms with van der Waals surface area (Å²) in [6.45, 7) is 1.09. The van der Waals surface area contributed by atoms with Gasteiger partial charge in [-0.05, 0) is 35.7 Å². The van der Waals surface area contributed by atoms with Crippen molar-refractivity contribution < 1.29 is 14.6 Å². The fraction of sp³-hybridized carbons (Fsp3) is 0.167. The first-order valence-corrected chi connectivity index (χ1v) is 9.79. The van der Waals surface area contributed by atoms with E-state index in [0.717, 1.165) is 33.5 Å². The number of carbonyl (C=O) groups is 1. The molecule has 0 aliphatic carbocycles. The average Bonchev–Trinajstić information content (AvgIpc) is 3.14. The van der Waals surface area contributed by atoms with Crippen LogP contribution in [0.15, 0.2) is 73.1 Å². The highest BCUT2D eigenvalue weighted by Crippen LogP contribution is 2.22. The monoisotopic (exact) mass is 396 g/mol. The van der Waals surface area contributed by atoms with E-state index in [2.05, 4.69) is 9.55 Å². The number of hydrogen-bond donors (Lipinski definition) is 1. The Morgan fingerprint density at radius 3 is 2.60 bits per heavy atom. The summed E-state index contributed by atoms with van der Waals surface area (Å²) >= 11 is 0. The van der Waals surface area contributed by atoms with Crippen LogP contribution in [0.1, 0.15) is 23.1 Å². The van der Waals surface area contributed by atoms with Crippen LogP contribution in [0.2, 0.25) is 0 Å². The first kappa shape index (κ1) is 19.8. The van der Waals surface area contributed by atoms with Crippen LogP contribution in [0.3, 0.4) is 0 Å². The molecule has 0 aliphatic heterocycles. The SMILES string of the molecule is [B]c1ccc2c(c1)ncn2Cc1ccccc1OCc1ccc(CCC(=O)O)cc1. The molecule has 0 amide bonds. The molecule has 30 heavy (non-hydrogen) atoms. The number of benzene rings is 3. The first-order valence-electron chi connectivity index (χ1n) is 9.79. The zero-order valence-electron chi connectivity index (χ0n) is 16.5. The van der Waals surface area contributed by atoms with Gasteiger partial charge in [-0.25, -0.2) is 4.98 Å². The molecule has 1 N–H and O–H groups in total. The third kappa shape index (κ3) is 4.71. The fourth-order valence-electron chi connectivity index (χ4n) is 3.38. The van der Waals surface area contributed by atoms with Gasteiger partial charge in [0.15, 0.2) is 0 Å². The molecule has 6 heteroatoms. The van der Waals surface area contributed by atoms with Crippen LogP contribution in [0.5, 0.6) is 5.75 Å². The van der Waals surface area contributed by atoms with E-state index in [1.807, 2.05) is 73.1 Å². The van der Waals surface area contributed by atoms with Crippen molar-refractivity contribution in [2.75, 3.05) is 0 Å². The van der Waals surface area contributed by atoms with Crippen molar-refractivity contribution in [1.82, 2.24) is 9.55 Å². The first-order chi connectivity index (χ1) is 14.6. The lowest BCUT2D eigenvalue weighted by molar-refractivity contribution is -0.136. The van der Waals surface area contributed by atoms with Gasteiger partial charge in [-0.15, -0.1) is 0 Å². The maximum Gasteiger partial charge on any atom is 0.303 e. The summed E-state index contributed by atoms with van der Waals surface area (Å²) in [5.41, 5.74) is 5.70. The molecular formula is C24H21BN2O3. The minimum Gasteiger partial charge on any atom is -0.489 e. The predicted octanol–water partition coefficient (Wildman–Crippen LogP) is 3.47. The van der Waals surface area contributed by atoms with Crippen LogP contribution in [-0.4, -0.2) is 28.5 Å². The van der Waals surface area contributed by atoms with Crippen molar-refractivity contribution in [3.8, 4) is 5.75 Å². The number of nitrogens with zero attached hydrogens (tertiary/aromatic N) is 2. The Morgan fingerprint density at radius 1 is 1.03 bits per heavy atom. The minimum absolute atomic E-state index is 0.138. The van der Waals surface area contributed by atoms with Crippen molar-refractivity contribution in [3.05, 3.63) is 89.7 Å². The van der Waals surface area contributed by atoms with Gasteiger partial charge in [0.05, 0.1) is 23.9 Å². The number of aryl methyl sites for hydroxylation is 1. The van der Waals surface area contributed by atoms with Crippen LogP contribution in [0.25, 0.3) is 11.0 Å². The van der Waals surface area contributed by atoms with Gasteiger partial charge in [0.2, 0.25) is 0 Å². The predicted molar refractivity (Wildman–Crippen MR) is 117 cm³/mol. The number of carboxylic acids is 1. The number of fused-ring (bicyclic) bond motifs is 1.